The minimum atomic E-state index is -0.289. The Bertz CT molecular complexity index is 806. The highest BCUT2D eigenvalue weighted by Crippen LogP contribution is 2.39. The zero-order valence-corrected chi connectivity index (χ0v) is 10.7. The van der Waals surface area contributed by atoms with Crippen LogP contribution in [0.1, 0.15) is 27.6 Å². The molecule has 20 heavy (non-hydrogen) atoms. The first kappa shape index (κ1) is 11.2. The molecule has 0 fully saturated rings. The predicted octanol–water partition coefficient (Wildman–Crippen LogP) is 4.10. The lowest BCUT2D eigenvalue weighted by molar-refractivity contribution is 0.0457. The minimum Gasteiger partial charge on any atom is -0.449 e. The highest BCUT2D eigenvalue weighted by atomic mass is 16.5. The topological polar surface area (TPSA) is 26.3 Å². The van der Waals surface area contributed by atoms with Crippen LogP contribution in [0.15, 0.2) is 66.7 Å². The van der Waals surface area contributed by atoms with Crippen molar-refractivity contribution >= 4 is 16.7 Å². The molecular weight excluding hydrogens is 248 g/mol. The summed E-state index contributed by atoms with van der Waals surface area (Å²) in [4.78, 5) is 12.2. The summed E-state index contributed by atoms with van der Waals surface area (Å²) in [6.07, 6.45) is -0.289. The van der Waals surface area contributed by atoms with Crippen molar-refractivity contribution in [2.24, 2.45) is 0 Å². The molecule has 4 rings (SSSR count). The molecule has 0 bridgehead atoms. The maximum atomic E-state index is 12.2. The lowest BCUT2D eigenvalue weighted by atomic mass is 9.95. The molecule has 0 radical (unpaired) electrons. The van der Waals surface area contributed by atoms with Gasteiger partial charge in [0.25, 0.3) is 0 Å². The molecule has 0 unspecified atom stereocenters. The van der Waals surface area contributed by atoms with Gasteiger partial charge in [0.2, 0.25) is 0 Å². The van der Waals surface area contributed by atoms with E-state index in [9.17, 15) is 4.79 Å². The van der Waals surface area contributed by atoms with Crippen molar-refractivity contribution in [3.8, 4) is 0 Å². The van der Waals surface area contributed by atoms with Crippen molar-refractivity contribution in [3.63, 3.8) is 0 Å². The van der Waals surface area contributed by atoms with Gasteiger partial charge in [0.05, 0.1) is 5.56 Å². The second-order valence-electron chi connectivity index (χ2n) is 4.95. The van der Waals surface area contributed by atoms with Crippen LogP contribution in [-0.4, -0.2) is 5.97 Å². The standard InChI is InChI=1S/C18H12O2/c19-18-16-14-9-5-4-6-12(14)10-11-15(16)17(20-18)13-7-2-1-3-8-13/h1-11,17H/t17-/m1/s1. The van der Waals surface area contributed by atoms with Crippen molar-refractivity contribution < 1.29 is 9.53 Å². The van der Waals surface area contributed by atoms with Crippen molar-refractivity contribution in [1.29, 1.82) is 0 Å². The quantitative estimate of drug-likeness (QED) is 0.616. The number of benzene rings is 3. The van der Waals surface area contributed by atoms with Gasteiger partial charge in [0, 0.05) is 5.56 Å². The van der Waals surface area contributed by atoms with Crippen LogP contribution in [0.3, 0.4) is 0 Å². The lowest BCUT2D eigenvalue weighted by Crippen LogP contribution is -2.00. The molecular formula is C18H12O2. The van der Waals surface area contributed by atoms with Crippen molar-refractivity contribution in [2.75, 3.05) is 0 Å². The second-order valence-corrected chi connectivity index (χ2v) is 4.95. The molecule has 3 aromatic carbocycles. The smallest absolute Gasteiger partial charge is 0.340 e. The third-order valence-corrected chi connectivity index (χ3v) is 3.78. The van der Waals surface area contributed by atoms with Crippen LogP contribution in [0, 0.1) is 0 Å². The number of carbonyl (C=O) groups excluding carboxylic acids is 1. The summed E-state index contributed by atoms with van der Waals surface area (Å²) in [7, 11) is 0. The van der Waals surface area contributed by atoms with Crippen molar-refractivity contribution in [1.82, 2.24) is 0 Å². The zero-order valence-electron chi connectivity index (χ0n) is 10.7. The van der Waals surface area contributed by atoms with Crippen LogP contribution >= 0.6 is 0 Å². The Morgan fingerprint density at radius 3 is 2.40 bits per heavy atom. The Morgan fingerprint density at radius 2 is 1.55 bits per heavy atom. The highest BCUT2D eigenvalue weighted by molar-refractivity contribution is 6.08. The molecule has 1 heterocycles. The van der Waals surface area contributed by atoms with Gasteiger partial charge < -0.3 is 4.74 Å². The molecule has 0 aromatic heterocycles. The Hall–Kier alpha value is -2.61. The maximum absolute atomic E-state index is 12.2. The van der Waals surface area contributed by atoms with Crippen molar-refractivity contribution in [2.45, 2.75) is 6.10 Å². The number of esters is 1. The molecule has 0 N–H and O–H groups in total. The van der Waals surface area contributed by atoms with E-state index in [-0.39, 0.29) is 12.1 Å². The SMILES string of the molecule is O=C1O[C@H](c2ccccc2)c2ccc3ccccc3c21. The molecule has 0 saturated heterocycles. The molecule has 0 spiro atoms. The third-order valence-electron chi connectivity index (χ3n) is 3.78. The van der Waals surface area contributed by atoms with Gasteiger partial charge in [-0.15, -0.1) is 0 Å². The first-order chi connectivity index (χ1) is 9.84. The van der Waals surface area contributed by atoms with E-state index < -0.39 is 0 Å². The molecule has 2 heteroatoms. The van der Waals surface area contributed by atoms with Crippen molar-refractivity contribution in [3.05, 3.63) is 83.4 Å². The van der Waals surface area contributed by atoms with Gasteiger partial charge in [-0.3, -0.25) is 0 Å². The van der Waals surface area contributed by atoms with E-state index in [4.69, 9.17) is 4.74 Å². The molecule has 1 aliphatic rings. The van der Waals surface area contributed by atoms with E-state index in [2.05, 4.69) is 0 Å². The second kappa shape index (κ2) is 4.20. The Balaban J connectivity index is 1.96. The molecule has 0 saturated carbocycles. The Kier molecular flexibility index (Phi) is 2.36. The van der Waals surface area contributed by atoms with Crippen LogP contribution in [-0.2, 0) is 4.74 Å². The predicted molar refractivity (Wildman–Crippen MR) is 77.6 cm³/mol. The summed E-state index contributed by atoms with van der Waals surface area (Å²) in [5.41, 5.74) is 2.67. The Labute approximate surface area is 116 Å². The van der Waals surface area contributed by atoms with Gasteiger partial charge in [0.1, 0.15) is 0 Å². The average molecular weight is 260 g/mol. The van der Waals surface area contributed by atoms with Gasteiger partial charge in [0.15, 0.2) is 6.10 Å². The number of hydrogen-bond donors (Lipinski definition) is 0. The number of hydrogen-bond acceptors (Lipinski definition) is 2. The first-order valence-electron chi connectivity index (χ1n) is 6.62. The zero-order chi connectivity index (χ0) is 13.5. The summed E-state index contributed by atoms with van der Waals surface area (Å²) in [5, 5.41) is 2.03. The normalized spacial score (nSPS) is 17.0. The number of carbonyl (C=O) groups is 1. The molecule has 0 amide bonds. The molecule has 96 valence electrons. The molecule has 3 aromatic rings. The fourth-order valence-corrected chi connectivity index (χ4v) is 2.84. The number of fused-ring (bicyclic) bond motifs is 3. The van der Waals surface area contributed by atoms with E-state index >= 15 is 0 Å². The number of ether oxygens (including phenoxy) is 1. The fourth-order valence-electron chi connectivity index (χ4n) is 2.84. The molecule has 2 nitrogen and oxygen atoms in total. The summed E-state index contributed by atoms with van der Waals surface area (Å²) < 4.78 is 5.59. The van der Waals surface area contributed by atoms with Crippen LogP contribution in [0.4, 0.5) is 0 Å². The number of rotatable bonds is 1. The summed E-state index contributed by atoms with van der Waals surface area (Å²) in [6, 6.07) is 21.8. The summed E-state index contributed by atoms with van der Waals surface area (Å²) in [6.45, 7) is 0. The van der Waals surface area contributed by atoms with Gasteiger partial charge in [-0.25, -0.2) is 4.79 Å². The monoisotopic (exact) mass is 260 g/mol. The van der Waals surface area contributed by atoms with Gasteiger partial charge in [-0.05, 0) is 16.3 Å². The number of cyclic esters (lactones) is 1. The van der Waals surface area contributed by atoms with E-state index in [0.717, 1.165) is 21.9 Å². The largest absolute Gasteiger partial charge is 0.449 e. The average Bonchev–Trinajstić information content (AvgIpc) is 2.86. The van der Waals surface area contributed by atoms with Crippen LogP contribution in [0.25, 0.3) is 10.8 Å². The van der Waals surface area contributed by atoms with Crippen LogP contribution in [0.5, 0.6) is 0 Å². The molecule has 1 aliphatic heterocycles. The lowest BCUT2D eigenvalue weighted by Gasteiger charge is -2.10. The van der Waals surface area contributed by atoms with E-state index in [1.54, 1.807) is 0 Å². The Morgan fingerprint density at radius 1 is 0.800 bits per heavy atom. The summed E-state index contributed by atoms with van der Waals surface area (Å²) >= 11 is 0. The van der Waals surface area contributed by atoms with Gasteiger partial charge >= 0.3 is 5.97 Å². The van der Waals surface area contributed by atoms with E-state index in [0.29, 0.717) is 5.56 Å². The first-order valence-corrected chi connectivity index (χ1v) is 6.62. The van der Waals surface area contributed by atoms with E-state index in [1.165, 1.54) is 0 Å². The molecule has 1 atom stereocenters. The van der Waals surface area contributed by atoms with E-state index in [1.807, 2.05) is 66.7 Å². The molecule has 0 aliphatic carbocycles. The fraction of sp³-hybridized carbons (Fsp3) is 0.0556. The van der Waals surface area contributed by atoms with Gasteiger partial charge in [-0.1, -0.05) is 66.7 Å². The van der Waals surface area contributed by atoms with Gasteiger partial charge in [-0.2, -0.15) is 0 Å². The van der Waals surface area contributed by atoms with Crippen LogP contribution < -0.4 is 0 Å². The highest BCUT2D eigenvalue weighted by Gasteiger charge is 2.33. The third kappa shape index (κ3) is 1.55. The van der Waals surface area contributed by atoms with Crippen LogP contribution in [0.2, 0.25) is 0 Å². The minimum absolute atomic E-state index is 0.231. The maximum Gasteiger partial charge on any atom is 0.340 e. The summed E-state index contributed by atoms with van der Waals surface area (Å²) in [5.74, 6) is -0.231.